The van der Waals surface area contributed by atoms with E-state index in [0.717, 1.165) is 11.4 Å². The first kappa shape index (κ1) is 27.7. The highest BCUT2D eigenvalue weighted by Gasteiger charge is 2.44. The number of hydrogen-bond acceptors (Lipinski definition) is 5. The Hall–Kier alpha value is -3.32. The van der Waals surface area contributed by atoms with E-state index in [1.807, 2.05) is 0 Å². The predicted octanol–water partition coefficient (Wildman–Crippen LogP) is 3.16. The van der Waals surface area contributed by atoms with Crippen molar-refractivity contribution in [3.63, 3.8) is 0 Å². The lowest BCUT2D eigenvalue weighted by Crippen LogP contribution is -2.60. The van der Waals surface area contributed by atoms with Gasteiger partial charge in [-0.2, -0.15) is 12.7 Å². The molecule has 2 heterocycles. The summed E-state index contributed by atoms with van der Waals surface area (Å²) < 4.78 is 29.4. The van der Waals surface area contributed by atoms with Gasteiger partial charge in [0, 0.05) is 38.1 Å². The minimum absolute atomic E-state index is 0.0311. The molecule has 0 spiro atoms. The molecule has 202 valence electrons. The molecule has 3 aromatic rings. The lowest BCUT2D eigenvalue weighted by molar-refractivity contribution is 0.0696. The SMILES string of the molecule is CN(C(N)=O)S(=O)(=O)N1CCCC(NC(=O)c2cc3c(Cl)c(Cl)ccc3n2C)(c2cccc(C(=O)O)c2)C1. The van der Waals surface area contributed by atoms with Crippen molar-refractivity contribution in [2.75, 3.05) is 20.1 Å². The van der Waals surface area contributed by atoms with Gasteiger partial charge in [-0.1, -0.05) is 35.3 Å². The summed E-state index contributed by atoms with van der Waals surface area (Å²) >= 11 is 12.5. The fraction of sp³-hybridized carbons (Fsp3) is 0.292. The van der Waals surface area contributed by atoms with Crippen LogP contribution in [0.15, 0.2) is 42.5 Å². The molecule has 0 radical (unpaired) electrons. The highest BCUT2D eigenvalue weighted by Crippen LogP contribution is 2.36. The topological polar surface area (TPSA) is 155 Å². The zero-order valence-electron chi connectivity index (χ0n) is 20.4. The minimum atomic E-state index is -4.32. The molecule has 3 amide bonds. The van der Waals surface area contributed by atoms with Crippen LogP contribution in [-0.4, -0.2) is 64.7 Å². The number of aromatic nitrogens is 1. The number of fused-ring (bicyclic) bond motifs is 1. The lowest BCUT2D eigenvalue weighted by Gasteiger charge is -2.43. The first-order valence-corrected chi connectivity index (χ1v) is 13.6. The monoisotopic (exact) mass is 581 g/mol. The number of benzene rings is 2. The summed E-state index contributed by atoms with van der Waals surface area (Å²) in [4.78, 5) is 37.1. The fourth-order valence-corrected chi connectivity index (χ4v) is 6.40. The molecule has 1 aliphatic heterocycles. The number of primary amides is 1. The molecule has 0 bridgehead atoms. The van der Waals surface area contributed by atoms with Crippen molar-refractivity contribution in [1.29, 1.82) is 0 Å². The Morgan fingerprint density at radius 2 is 1.87 bits per heavy atom. The van der Waals surface area contributed by atoms with Crippen LogP contribution in [0.1, 0.15) is 39.3 Å². The molecule has 4 N–H and O–H groups in total. The van der Waals surface area contributed by atoms with E-state index in [0.29, 0.717) is 38.6 Å². The van der Waals surface area contributed by atoms with E-state index in [9.17, 15) is 27.9 Å². The molecule has 1 aliphatic rings. The second kappa shape index (κ2) is 10.1. The van der Waals surface area contributed by atoms with Crippen LogP contribution in [-0.2, 0) is 22.8 Å². The van der Waals surface area contributed by atoms with Crippen LogP contribution in [0.4, 0.5) is 4.79 Å². The number of nitrogens with zero attached hydrogens (tertiary/aromatic N) is 3. The number of carbonyl (C=O) groups excluding carboxylic acids is 2. The summed E-state index contributed by atoms with van der Waals surface area (Å²) in [6.07, 6.45) is 0.602. The Morgan fingerprint density at radius 1 is 1.16 bits per heavy atom. The molecule has 38 heavy (non-hydrogen) atoms. The van der Waals surface area contributed by atoms with Gasteiger partial charge < -0.3 is 20.7 Å². The fourth-order valence-electron chi connectivity index (χ4n) is 4.71. The molecule has 1 aromatic heterocycles. The number of carbonyl (C=O) groups is 3. The van der Waals surface area contributed by atoms with Crippen LogP contribution in [0.3, 0.4) is 0 Å². The van der Waals surface area contributed by atoms with Crippen molar-refractivity contribution in [1.82, 2.24) is 18.5 Å². The number of nitrogens with two attached hydrogens (primary N) is 1. The molecule has 0 saturated carbocycles. The normalized spacial score (nSPS) is 18.3. The number of piperidine rings is 1. The van der Waals surface area contributed by atoms with Gasteiger partial charge in [-0.15, -0.1) is 0 Å². The van der Waals surface area contributed by atoms with Gasteiger partial charge >= 0.3 is 22.2 Å². The maximum Gasteiger partial charge on any atom is 0.335 e. The van der Waals surface area contributed by atoms with Crippen molar-refractivity contribution in [3.8, 4) is 0 Å². The molecule has 14 heteroatoms. The average molecular weight is 582 g/mol. The van der Waals surface area contributed by atoms with Crippen molar-refractivity contribution >= 4 is 62.2 Å². The molecule has 11 nitrogen and oxygen atoms in total. The van der Waals surface area contributed by atoms with Gasteiger partial charge in [0.05, 0.1) is 21.1 Å². The minimum Gasteiger partial charge on any atom is -0.478 e. The summed E-state index contributed by atoms with van der Waals surface area (Å²) in [6, 6.07) is 9.70. The van der Waals surface area contributed by atoms with Crippen LogP contribution in [0.5, 0.6) is 0 Å². The second-order valence-electron chi connectivity index (χ2n) is 9.06. The van der Waals surface area contributed by atoms with Crippen molar-refractivity contribution in [2.24, 2.45) is 12.8 Å². The van der Waals surface area contributed by atoms with Gasteiger partial charge in [0.2, 0.25) is 0 Å². The Balaban J connectivity index is 1.81. The lowest BCUT2D eigenvalue weighted by atomic mass is 9.82. The summed E-state index contributed by atoms with van der Waals surface area (Å²) in [6.45, 7) is -0.198. The van der Waals surface area contributed by atoms with E-state index in [1.54, 1.807) is 35.9 Å². The maximum atomic E-state index is 13.7. The molecule has 0 aliphatic carbocycles. The zero-order valence-corrected chi connectivity index (χ0v) is 22.8. The largest absolute Gasteiger partial charge is 0.478 e. The predicted molar refractivity (Wildman–Crippen MR) is 143 cm³/mol. The van der Waals surface area contributed by atoms with E-state index < -0.39 is 33.7 Å². The van der Waals surface area contributed by atoms with Crippen LogP contribution in [0.2, 0.25) is 10.0 Å². The van der Waals surface area contributed by atoms with Gasteiger partial charge in [-0.05, 0) is 48.7 Å². The van der Waals surface area contributed by atoms with E-state index in [2.05, 4.69) is 5.32 Å². The first-order valence-electron chi connectivity index (χ1n) is 11.4. The molecular formula is C24H25Cl2N5O6S. The summed E-state index contributed by atoms with van der Waals surface area (Å²) in [7, 11) is -1.60. The quantitative estimate of drug-likeness (QED) is 0.406. The standard InChI is InChI=1S/C24H25Cl2N5O6S/c1-29-18-8-7-17(25)20(26)16(18)12-19(29)21(32)28-24(15-6-3-5-14(11-15)22(33)34)9-4-10-31(13-24)38(36,37)30(2)23(27)35/h3,5-8,11-12H,4,9-10,13H2,1-2H3,(H2,27,35)(H,28,32)(H,33,34). The van der Waals surface area contributed by atoms with Gasteiger partial charge in [-0.3, -0.25) is 4.79 Å². The Bertz CT molecular complexity index is 1570. The second-order valence-corrected chi connectivity index (χ2v) is 11.8. The number of carboxylic acids is 1. The summed E-state index contributed by atoms with van der Waals surface area (Å²) in [5.74, 6) is -1.72. The van der Waals surface area contributed by atoms with E-state index >= 15 is 0 Å². The molecular weight excluding hydrogens is 557 g/mol. The zero-order chi connectivity index (χ0) is 28.0. The Labute approximate surface area is 228 Å². The molecule has 2 aromatic carbocycles. The molecule has 1 atom stereocenters. The Kier molecular flexibility index (Phi) is 7.36. The molecule has 1 saturated heterocycles. The number of aromatic carboxylic acids is 1. The molecule has 1 unspecified atom stereocenters. The van der Waals surface area contributed by atoms with Crippen LogP contribution in [0.25, 0.3) is 10.9 Å². The smallest absolute Gasteiger partial charge is 0.335 e. The van der Waals surface area contributed by atoms with Gasteiger partial charge in [0.15, 0.2) is 0 Å². The van der Waals surface area contributed by atoms with Crippen LogP contribution >= 0.6 is 23.2 Å². The van der Waals surface area contributed by atoms with Crippen molar-refractivity contribution < 1.29 is 27.9 Å². The third-order valence-corrected chi connectivity index (χ3v) is 9.46. The number of urea groups is 1. The molecule has 1 fully saturated rings. The third kappa shape index (κ3) is 4.80. The van der Waals surface area contributed by atoms with Crippen molar-refractivity contribution in [3.05, 3.63) is 69.3 Å². The number of carboxylic acid groups (broad SMARTS) is 1. The highest BCUT2D eigenvalue weighted by molar-refractivity contribution is 7.87. The number of nitrogens with one attached hydrogen (secondary N) is 1. The number of amides is 3. The van der Waals surface area contributed by atoms with Crippen LogP contribution in [0, 0.1) is 0 Å². The molecule has 4 rings (SSSR count). The van der Waals surface area contributed by atoms with E-state index in [-0.39, 0.29) is 29.4 Å². The van der Waals surface area contributed by atoms with Crippen molar-refractivity contribution in [2.45, 2.75) is 18.4 Å². The first-order chi connectivity index (χ1) is 17.8. The van der Waals surface area contributed by atoms with E-state index in [4.69, 9.17) is 28.9 Å². The maximum absolute atomic E-state index is 13.7. The van der Waals surface area contributed by atoms with E-state index in [1.165, 1.54) is 18.2 Å². The summed E-state index contributed by atoms with van der Waals surface area (Å²) in [5, 5.41) is 13.7. The number of halogens is 2. The average Bonchev–Trinajstić information content (AvgIpc) is 3.22. The Morgan fingerprint density at radius 3 is 2.53 bits per heavy atom. The third-order valence-electron chi connectivity index (χ3n) is 6.80. The van der Waals surface area contributed by atoms with Gasteiger partial charge in [-0.25, -0.2) is 13.9 Å². The van der Waals surface area contributed by atoms with Gasteiger partial charge in [0.1, 0.15) is 5.69 Å². The number of hydrogen-bond donors (Lipinski definition) is 3. The summed E-state index contributed by atoms with van der Waals surface area (Å²) in [5.41, 5.74) is 5.14. The van der Waals surface area contributed by atoms with Crippen LogP contribution < -0.4 is 11.1 Å². The number of rotatable bonds is 6. The highest BCUT2D eigenvalue weighted by atomic mass is 35.5. The van der Waals surface area contributed by atoms with Gasteiger partial charge in [0.25, 0.3) is 5.91 Å². The number of aryl methyl sites for hydroxylation is 1.